The van der Waals surface area contributed by atoms with E-state index >= 15 is 0 Å². The molecule has 3 rings (SSSR count). The maximum atomic E-state index is 12.3. The van der Waals surface area contributed by atoms with Crippen LogP contribution in [-0.4, -0.2) is 39.3 Å². The minimum Gasteiger partial charge on any atom is -0.478 e. The topological polar surface area (TPSA) is 99.6 Å². The van der Waals surface area contributed by atoms with E-state index in [9.17, 15) is 14.4 Å². The van der Waals surface area contributed by atoms with Gasteiger partial charge in [0.2, 0.25) is 11.8 Å². The minimum absolute atomic E-state index is 0.0541. The highest BCUT2D eigenvalue weighted by Crippen LogP contribution is 2.20. The second-order valence-corrected chi connectivity index (χ2v) is 6.22. The normalized spacial score (nSPS) is 16.5. The van der Waals surface area contributed by atoms with Crippen LogP contribution in [0.1, 0.15) is 28.0 Å². The lowest BCUT2D eigenvalue weighted by atomic mass is 10.1. The molecule has 1 aliphatic rings. The number of likely N-dealkylation sites (tertiary alicyclic amines) is 1. The van der Waals surface area contributed by atoms with Gasteiger partial charge in [0, 0.05) is 25.7 Å². The Bertz CT molecular complexity index is 805. The van der Waals surface area contributed by atoms with Crippen LogP contribution in [0.25, 0.3) is 0 Å². The molecular formula is C19H19N3O4. The molecule has 2 N–H and O–H groups in total. The van der Waals surface area contributed by atoms with Crippen LogP contribution >= 0.6 is 0 Å². The lowest BCUT2D eigenvalue weighted by Crippen LogP contribution is -2.32. The fourth-order valence-electron chi connectivity index (χ4n) is 2.89. The van der Waals surface area contributed by atoms with Crippen LogP contribution in [0.15, 0.2) is 48.7 Å². The monoisotopic (exact) mass is 353 g/mol. The number of carboxylic acids is 1. The van der Waals surface area contributed by atoms with Gasteiger partial charge in [-0.15, -0.1) is 0 Å². The Kier molecular flexibility index (Phi) is 5.26. The molecule has 134 valence electrons. The molecular weight excluding hydrogens is 334 g/mol. The van der Waals surface area contributed by atoms with Gasteiger partial charge in [-0.25, -0.2) is 4.79 Å². The highest BCUT2D eigenvalue weighted by molar-refractivity contribution is 5.89. The maximum absolute atomic E-state index is 12.3. The van der Waals surface area contributed by atoms with Gasteiger partial charge >= 0.3 is 5.97 Å². The highest BCUT2D eigenvalue weighted by atomic mass is 16.4. The predicted molar refractivity (Wildman–Crippen MR) is 93.0 cm³/mol. The summed E-state index contributed by atoms with van der Waals surface area (Å²) in [5, 5.41) is 11.7. The number of aromatic carboxylic acids is 1. The van der Waals surface area contributed by atoms with Crippen molar-refractivity contribution in [2.45, 2.75) is 19.5 Å². The molecule has 0 spiro atoms. The van der Waals surface area contributed by atoms with E-state index in [4.69, 9.17) is 5.11 Å². The molecule has 0 radical (unpaired) electrons. The molecule has 1 fully saturated rings. The smallest absolute Gasteiger partial charge is 0.335 e. The van der Waals surface area contributed by atoms with E-state index in [-0.39, 0.29) is 29.7 Å². The van der Waals surface area contributed by atoms with Gasteiger partial charge in [0.25, 0.3) is 0 Å². The average Bonchev–Trinajstić information content (AvgIpc) is 3.01. The van der Waals surface area contributed by atoms with Crippen molar-refractivity contribution in [2.24, 2.45) is 5.92 Å². The molecule has 0 saturated carbocycles. The van der Waals surface area contributed by atoms with Gasteiger partial charge in [-0.1, -0.05) is 18.2 Å². The Hall–Kier alpha value is -3.22. The van der Waals surface area contributed by atoms with Crippen molar-refractivity contribution in [3.05, 3.63) is 65.5 Å². The Balaban J connectivity index is 1.52. The molecule has 7 heteroatoms. The highest BCUT2D eigenvalue weighted by Gasteiger charge is 2.34. The molecule has 1 atom stereocenters. The first-order valence-corrected chi connectivity index (χ1v) is 8.30. The molecule has 0 bridgehead atoms. The summed E-state index contributed by atoms with van der Waals surface area (Å²) >= 11 is 0. The molecule has 1 aliphatic heterocycles. The van der Waals surface area contributed by atoms with E-state index in [1.165, 1.54) is 12.1 Å². The summed E-state index contributed by atoms with van der Waals surface area (Å²) in [5.74, 6) is -1.60. The number of carbonyl (C=O) groups excluding carboxylic acids is 2. The van der Waals surface area contributed by atoms with E-state index < -0.39 is 5.97 Å². The number of hydrogen-bond acceptors (Lipinski definition) is 4. The molecule has 2 amide bonds. The van der Waals surface area contributed by atoms with Gasteiger partial charge in [0.15, 0.2) is 0 Å². The number of carbonyl (C=O) groups is 3. The largest absolute Gasteiger partial charge is 0.478 e. The molecule has 1 aromatic carbocycles. The third-order valence-corrected chi connectivity index (χ3v) is 4.33. The van der Waals surface area contributed by atoms with Gasteiger partial charge in [0.1, 0.15) is 0 Å². The molecule has 2 aromatic rings. The van der Waals surface area contributed by atoms with Crippen molar-refractivity contribution in [2.75, 3.05) is 6.54 Å². The first-order valence-electron chi connectivity index (χ1n) is 8.30. The number of amides is 2. The average molecular weight is 353 g/mol. The third-order valence-electron chi connectivity index (χ3n) is 4.33. The van der Waals surface area contributed by atoms with Crippen LogP contribution < -0.4 is 5.32 Å². The summed E-state index contributed by atoms with van der Waals surface area (Å²) in [7, 11) is 0. The van der Waals surface area contributed by atoms with Crippen LogP contribution in [0.3, 0.4) is 0 Å². The van der Waals surface area contributed by atoms with Crippen molar-refractivity contribution < 1.29 is 19.5 Å². The van der Waals surface area contributed by atoms with Gasteiger partial charge < -0.3 is 15.3 Å². The summed E-state index contributed by atoms with van der Waals surface area (Å²) in [5.41, 5.74) is 1.80. The van der Waals surface area contributed by atoms with Gasteiger partial charge in [-0.2, -0.15) is 0 Å². The van der Waals surface area contributed by atoms with Crippen LogP contribution in [0, 0.1) is 5.92 Å². The Morgan fingerprint density at radius 2 is 1.96 bits per heavy atom. The summed E-state index contributed by atoms with van der Waals surface area (Å²) < 4.78 is 0. The number of carboxylic acid groups (broad SMARTS) is 1. The van der Waals surface area contributed by atoms with E-state index in [1.54, 1.807) is 23.2 Å². The van der Waals surface area contributed by atoms with E-state index in [2.05, 4.69) is 10.3 Å². The lowest BCUT2D eigenvalue weighted by Gasteiger charge is -2.16. The number of rotatable bonds is 6. The van der Waals surface area contributed by atoms with Crippen LogP contribution in [-0.2, 0) is 22.7 Å². The fourth-order valence-corrected chi connectivity index (χ4v) is 2.89. The van der Waals surface area contributed by atoms with E-state index in [0.29, 0.717) is 19.6 Å². The number of aromatic nitrogens is 1. The number of hydrogen-bond donors (Lipinski definition) is 2. The molecule has 26 heavy (non-hydrogen) atoms. The Morgan fingerprint density at radius 3 is 2.62 bits per heavy atom. The minimum atomic E-state index is -0.988. The molecule has 1 aromatic heterocycles. The summed E-state index contributed by atoms with van der Waals surface area (Å²) in [4.78, 5) is 41.2. The standard InChI is InChI=1S/C19H19N3O4/c23-17-9-15(11-22(17)12-16-3-1-2-8-20-16)18(24)21-10-13-4-6-14(7-5-13)19(25)26/h1-8,15H,9-12H2,(H,21,24)(H,25,26). The van der Waals surface area contributed by atoms with Gasteiger partial charge in [-0.3, -0.25) is 14.6 Å². The van der Waals surface area contributed by atoms with E-state index in [1.807, 2.05) is 18.2 Å². The second kappa shape index (κ2) is 7.77. The zero-order valence-corrected chi connectivity index (χ0v) is 14.1. The maximum Gasteiger partial charge on any atom is 0.335 e. The zero-order chi connectivity index (χ0) is 18.5. The van der Waals surface area contributed by atoms with Crippen LogP contribution in [0.2, 0.25) is 0 Å². The quantitative estimate of drug-likeness (QED) is 0.819. The zero-order valence-electron chi connectivity index (χ0n) is 14.1. The second-order valence-electron chi connectivity index (χ2n) is 6.22. The number of pyridine rings is 1. The first-order chi connectivity index (χ1) is 12.5. The Morgan fingerprint density at radius 1 is 1.19 bits per heavy atom. The summed E-state index contributed by atoms with van der Waals surface area (Å²) in [6, 6.07) is 11.8. The third kappa shape index (κ3) is 4.24. The first kappa shape index (κ1) is 17.6. The summed E-state index contributed by atoms with van der Waals surface area (Å²) in [6.45, 7) is 1.07. The van der Waals surface area contributed by atoms with Crippen LogP contribution in [0.5, 0.6) is 0 Å². The van der Waals surface area contributed by atoms with Crippen molar-refractivity contribution in [3.63, 3.8) is 0 Å². The van der Waals surface area contributed by atoms with Crippen molar-refractivity contribution >= 4 is 17.8 Å². The summed E-state index contributed by atoms with van der Waals surface area (Å²) in [6.07, 6.45) is 1.87. The van der Waals surface area contributed by atoms with Crippen molar-refractivity contribution in [1.82, 2.24) is 15.2 Å². The number of nitrogens with zero attached hydrogens (tertiary/aromatic N) is 2. The molecule has 0 aliphatic carbocycles. The lowest BCUT2D eigenvalue weighted by molar-refractivity contribution is -0.129. The molecule has 1 unspecified atom stereocenters. The number of benzene rings is 1. The van der Waals surface area contributed by atoms with Crippen molar-refractivity contribution in [3.8, 4) is 0 Å². The number of nitrogens with one attached hydrogen (secondary N) is 1. The molecule has 7 nitrogen and oxygen atoms in total. The fraction of sp³-hybridized carbons (Fsp3) is 0.263. The Labute approximate surface area is 150 Å². The molecule has 2 heterocycles. The SMILES string of the molecule is O=C(O)c1ccc(CNC(=O)C2CC(=O)N(Cc3ccccn3)C2)cc1. The van der Waals surface area contributed by atoms with Gasteiger partial charge in [-0.05, 0) is 29.8 Å². The van der Waals surface area contributed by atoms with Gasteiger partial charge in [0.05, 0.1) is 23.7 Å². The van der Waals surface area contributed by atoms with E-state index in [0.717, 1.165) is 11.3 Å². The predicted octanol–water partition coefficient (Wildman–Crippen LogP) is 1.44. The molecule has 1 saturated heterocycles. The van der Waals surface area contributed by atoms with Crippen LogP contribution in [0.4, 0.5) is 0 Å². The van der Waals surface area contributed by atoms with Crippen molar-refractivity contribution in [1.29, 1.82) is 0 Å².